The summed E-state index contributed by atoms with van der Waals surface area (Å²) >= 11 is 0. The van der Waals surface area contributed by atoms with E-state index in [0.29, 0.717) is 5.56 Å². The Morgan fingerprint density at radius 2 is 1.74 bits per heavy atom. The van der Waals surface area contributed by atoms with Crippen molar-refractivity contribution in [2.75, 3.05) is 7.05 Å². The van der Waals surface area contributed by atoms with Gasteiger partial charge in [-0.1, -0.05) is 12.1 Å². The number of halogens is 1. The Hall–Kier alpha value is -1.74. The summed E-state index contributed by atoms with van der Waals surface area (Å²) in [7, 11) is 1.85. The number of nitrogens with one attached hydrogen (secondary N) is 1. The molecule has 19 heavy (non-hydrogen) atoms. The van der Waals surface area contributed by atoms with Crippen LogP contribution in [0.2, 0.25) is 0 Å². The Kier molecular flexibility index (Phi) is 3.96. The van der Waals surface area contributed by atoms with Gasteiger partial charge in [0.25, 0.3) is 0 Å². The summed E-state index contributed by atoms with van der Waals surface area (Å²) in [6, 6.07) is 5.85. The standard InChI is InChI=1S/C16H19FN2/c1-10-7-12(3)14(8-11(10)2)16(18-4)13-5-6-19-9-15(13)17/h5-9,16,18H,1-4H3. The minimum atomic E-state index is -0.278. The molecular formula is C16H19FN2. The number of hydrogen-bond acceptors (Lipinski definition) is 2. The van der Waals surface area contributed by atoms with E-state index in [1.165, 1.54) is 22.9 Å². The second-order valence-electron chi connectivity index (χ2n) is 4.91. The van der Waals surface area contributed by atoms with Crippen molar-refractivity contribution in [2.45, 2.75) is 26.8 Å². The van der Waals surface area contributed by atoms with Gasteiger partial charge >= 0.3 is 0 Å². The van der Waals surface area contributed by atoms with E-state index >= 15 is 0 Å². The van der Waals surface area contributed by atoms with Crippen molar-refractivity contribution in [3.63, 3.8) is 0 Å². The molecule has 1 N–H and O–H groups in total. The van der Waals surface area contributed by atoms with Crippen LogP contribution in [-0.4, -0.2) is 12.0 Å². The van der Waals surface area contributed by atoms with Gasteiger partial charge in [-0.05, 0) is 56.1 Å². The molecule has 0 amide bonds. The summed E-state index contributed by atoms with van der Waals surface area (Å²) in [5.74, 6) is -0.278. The van der Waals surface area contributed by atoms with E-state index in [1.54, 1.807) is 12.3 Å². The van der Waals surface area contributed by atoms with Crippen molar-refractivity contribution >= 4 is 0 Å². The molecule has 0 spiro atoms. The maximum Gasteiger partial charge on any atom is 0.146 e. The third-order valence-electron chi connectivity index (χ3n) is 3.60. The summed E-state index contributed by atoms with van der Waals surface area (Å²) in [5, 5.41) is 3.20. The molecule has 0 saturated carbocycles. The number of benzene rings is 1. The fraction of sp³-hybridized carbons (Fsp3) is 0.312. The summed E-state index contributed by atoms with van der Waals surface area (Å²) in [5.41, 5.74) is 5.37. The molecule has 2 rings (SSSR count). The van der Waals surface area contributed by atoms with Gasteiger partial charge in [-0.2, -0.15) is 0 Å². The third-order valence-corrected chi connectivity index (χ3v) is 3.60. The lowest BCUT2D eigenvalue weighted by Gasteiger charge is -2.21. The van der Waals surface area contributed by atoms with Crippen LogP contribution in [0.3, 0.4) is 0 Å². The predicted octanol–water partition coefficient (Wildman–Crippen LogP) is 3.45. The van der Waals surface area contributed by atoms with Crippen LogP contribution in [0.1, 0.15) is 33.9 Å². The predicted molar refractivity (Wildman–Crippen MR) is 75.8 cm³/mol. The van der Waals surface area contributed by atoms with Gasteiger partial charge in [0.15, 0.2) is 0 Å². The van der Waals surface area contributed by atoms with Crippen molar-refractivity contribution in [3.8, 4) is 0 Å². The number of aryl methyl sites for hydroxylation is 3. The van der Waals surface area contributed by atoms with E-state index in [-0.39, 0.29) is 11.9 Å². The van der Waals surface area contributed by atoms with Crippen molar-refractivity contribution in [1.29, 1.82) is 0 Å². The molecule has 0 aliphatic heterocycles. The van der Waals surface area contributed by atoms with Crippen LogP contribution in [0.5, 0.6) is 0 Å². The highest BCUT2D eigenvalue weighted by Crippen LogP contribution is 2.28. The van der Waals surface area contributed by atoms with E-state index in [2.05, 4.69) is 43.2 Å². The Morgan fingerprint density at radius 1 is 1.05 bits per heavy atom. The molecule has 1 atom stereocenters. The maximum absolute atomic E-state index is 13.9. The molecule has 0 aliphatic rings. The van der Waals surface area contributed by atoms with Crippen LogP contribution < -0.4 is 5.32 Å². The minimum absolute atomic E-state index is 0.151. The van der Waals surface area contributed by atoms with E-state index in [1.807, 2.05) is 7.05 Å². The number of hydrogen-bond donors (Lipinski definition) is 1. The molecule has 0 saturated heterocycles. The van der Waals surface area contributed by atoms with Crippen LogP contribution >= 0.6 is 0 Å². The molecule has 1 unspecified atom stereocenters. The summed E-state index contributed by atoms with van der Waals surface area (Å²) in [6.07, 6.45) is 2.88. The monoisotopic (exact) mass is 258 g/mol. The zero-order valence-corrected chi connectivity index (χ0v) is 11.8. The zero-order chi connectivity index (χ0) is 14.0. The molecular weight excluding hydrogens is 239 g/mol. The van der Waals surface area contributed by atoms with Crippen LogP contribution in [0.4, 0.5) is 4.39 Å². The van der Waals surface area contributed by atoms with Gasteiger partial charge in [-0.15, -0.1) is 0 Å². The van der Waals surface area contributed by atoms with Crippen LogP contribution in [-0.2, 0) is 0 Å². The fourth-order valence-electron chi connectivity index (χ4n) is 2.39. The highest BCUT2D eigenvalue weighted by Gasteiger charge is 2.18. The molecule has 2 aromatic rings. The number of aromatic nitrogens is 1. The van der Waals surface area contributed by atoms with Crippen molar-refractivity contribution in [2.24, 2.45) is 0 Å². The number of pyridine rings is 1. The number of nitrogens with zero attached hydrogens (tertiary/aromatic N) is 1. The molecule has 1 aromatic carbocycles. The Bertz CT molecular complexity index is 593. The molecule has 0 aliphatic carbocycles. The maximum atomic E-state index is 13.9. The Balaban J connectivity index is 2.55. The summed E-state index contributed by atoms with van der Waals surface area (Å²) in [6.45, 7) is 6.23. The molecule has 3 heteroatoms. The van der Waals surface area contributed by atoms with Gasteiger partial charge in [0, 0.05) is 11.8 Å². The first-order valence-electron chi connectivity index (χ1n) is 6.39. The highest BCUT2D eigenvalue weighted by atomic mass is 19.1. The fourth-order valence-corrected chi connectivity index (χ4v) is 2.39. The van der Waals surface area contributed by atoms with Crippen molar-refractivity contribution < 1.29 is 4.39 Å². The van der Waals surface area contributed by atoms with E-state index in [9.17, 15) is 4.39 Å². The molecule has 0 bridgehead atoms. The van der Waals surface area contributed by atoms with E-state index < -0.39 is 0 Å². The molecule has 0 radical (unpaired) electrons. The second kappa shape index (κ2) is 5.49. The van der Waals surface area contributed by atoms with E-state index in [4.69, 9.17) is 0 Å². The topological polar surface area (TPSA) is 24.9 Å². The third kappa shape index (κ3) is 2.66. The average Bonchev–Trinajstić information content (AvgIpc) is 2.38. The quantitative estimate of drug-likeness (QED) is 0.912. The van der Waals surface area contributed by atoms with Gasteiger partial charge in [-0.25, -0.2) is 4.39 Å². The largest absolute Gasteiger partial charge is 0.309 e. The summed E-state index contributed by atoms with van der Waals surface area (Å²) in [4.78, 5) is 3.81. The van der Waals surface area contributed by atoms with Crippen LogP contribution in [0.15, 0.2) is 30.6 Å². The molecule has 1 heterocycles. The van der Waals surface area contributed by atoms with Crippen molar-refractivity contribution in [3.05, 3.63) is 64.2 Å². The minimum Gasteiger partial charge on any atom is -0.309 e. The Morgan fingerprint density at radius 3 is 2.37 bits per heavy atom. The van der Waals surface area contributed by atoms with E-state index in [0.717, 1.165) is 5.56 Å². The van der Waals surface area contributed by atoms with Crippen molar-refractivity contribution in [1.82, 2.24) is 10.3 Å². The van der Waals surface area contributed by atoms with Crippen LogP contribution in [0, 0.1) is 26.6 Å². The Labute approximate surface area is 113 Å². The van der Waals surface area contributed by atoms with Crippen LogP contribution in [0.25, 0.3) is 0 Å². The van der Waals surface area contributed by atoms with Gasteiger partial charge in [0.05, 0.1) is 12.2 Å². The first-order chi connectivity index (χ1) is 9.04. The zero-order valence-electron chi connectivity index (χ0n) is 11.8. The molecule has 0 fully saturated rings. The highest BCUT2D eigenvalue weighted by molar-refractivity contribution is 5.42. The number of rotatable bonds is 3. The van der Waals surface area contributed by atoms with Gasteiger partial charge in [0.2, 0.25) is 0 Å². The molecule has 100 valence electrons. The van der Waals surface area contributed by atoms with Gasteiger partial charge < -0.3 is 5.32 Å². The van der Waals surface area contributed by atoms with Gasteiger partial charge in [0.1, 0.15) is 5.82 Å². The van der Waals surface area contributed by atoms with Gasteiger partial charge in [-0.3, -0.25) is 4.98 Å². The lowest BCUT2D eigenvalue weighted by molar-refractivity contribution is 0.569. The average molecular weight is 258 g/mol. The SMILES string of the molecule is CNC(c1cc(C)c(C)cc1C)c1ccncc1F. The molecule has 1 aromatic heterocycles. The lowest BCUT2D eigenvalue weighted by atomic mass is 9.92. The smallest absolute Gasteiger partial charge is 0.146 e. The first-order valence-corrected chi connectivity index (χ1v) is 6.39. The summed E-state index contributed by atoms with van der Waals surface area (Å²) < 4.78 is 13.9. The molecule has 2 nitrogen and oxygen atoms in total. The normalized spacial score (nSPS) is 12.5. The lowest BCUT2D eigenvalue weighted by Crippen LogP contribution is -2.20. The first kappa shape index (κ1) is 13.7. The second-order valence-corrected chi connectivity index (χ2v) is 4.91.